The van der Waals surface area contributed by atoms with Crippen molar-refractivity contribution in [3.8, 4) is 5.75 Å². The second kappa shape index (κ2) is 7.89. The first-order valence-electron chi connectivity index (χ1n) is 8.44. The molecule has 0 bridgehead atoms. The van der Waals surface area contributed by atoms with Crippen LogP contribution >= 0.6 is 11.6 Å². The van der Waals surface area contributed by atoms with Gasteiger partial charge in [-0.15, -0.1) is 0 Å². The van der Waals surface area contributed by atoms with Crippen molar-refractivity contribution in [3.05, 3.63) is 64.2 Å². The Morgan fingerprint density at radius 1 is 1.36 bits per heavy atom. The zero-order valence-electron chi connectivity index (χ0n) is 14.2. The lowest BCUT2D eigenvalue weighted by atomic mass is 9.83. The molecule has 4 nitrogen and oxygen atoms in total. The monoisotopic (exact) mass is 359 g/mol. The standard InChI is InChI=1S/C20H22ClNO3/c1-25-18-7-3-4-14-10-13(8-9-17(14)18)12-22-20(24)19(23)15-5-2-6-16(21)11-15/h2-7,11,13,19,23H,8-10,12H2,1H3,(H,22,24). The van der Waals surface area contributed by atoms with E-state index in [1.807, 2.05) is 12.1 Å². The second-order valence-electron chi connectivity index (χ2n) is 6.41. The van der Waals surface area contributed by atoms with Crippen molar-refractivity contribution in [1.29, 1.82) is 0 Å². The summed E-state index contributed by atoms with van der Waals surface area (Å²) in [5, 5.41) is 13.6. The number of carbonyl (C=O) groups is 1. The fourth-order valence-corrected chi connectivity index (χ4v) is 3.58. The lowest BCUT2D eigenvalue weighted by molar-refractivity contribution is -0.129. The van der Waals surface area contributed by atoms with E-state index in [9.17, 15) is 9.90 Å². The van der Waals surface area contributed by atoms with Crippen LogP contribution in [0.2, 0.25) is 5.02 Å². The van der Waals surface area contributed by atoms with E-state index in [1.165, 1.54) is 11.1 Å². The van der Waals surface area contributed by atoms with Gasteiger partial charge in [-0.3, -0.25) is 4.79 Å². The van der Waals surface area contributed by atoms with Crippen molar-refractivity contribution in [3.63, 3.8) is 0 Å². The van der Waals surface area contributed by atoms with Crippen LogP contribution in [-0.2, 0) is 17.6 Å². The third-order valence-corrected chi connectivity index (χ3v) is 4.97. The van der Waals surface area contributed by atoms with Crippen molar-refractivity contribution in [1.82, 2.24) is 5.32 Å². The number of fused-ring (bicyclic) bond motifs is 1. The number of rotatable bonds is 5. The van der Waals surface area contributed by atoms with Gasteiger partial charge in [-0.1, -0.05) is 35.9 Å². The molecule has 5 heteroatoms. The summed E-state index contributed by atoms with van der Waals surface area (Å²) in [5.41, 5.74) is 3.05. The van der Waals surface area contributed by atoms with Gasteiger partial charge in [0.25, 0.3) is 5.91 Å². The van der Waals surface area contributed by atoms with Crippen LogP contribution in [0.3, 0.4) is 0 Å². The summed E-state index contributed by atoms with van der Waals surface area (Å²) >= 11 is 5.91. The Kier molecular flexibility index (Phi) is 5.61. The van der Waals surface area contributed by atoms with E-state index >= 15 is 0 Å². The molecule has 1 amide bonds. The number of aliphatic hydroxyl groups is 1. The Morgan fingerprint density at radius 3 is 2.92 bits per heavy atom. The number of hydrogen-bond donors (Lipinski definition) is 2. The zero-order chi connectivity index (χ0) is 17.8. The fraction of sp³-hybridized carbons (Fsp3) is 0.350. The average molecular weight is 360 g/mol. The van der Waals surface area contributed by atoms with E-state index in [0.29, 0.717) is 23.0 Å². The van der Waals surface area contributed by atoms with Gasteiger partial charge >= 0.3 is 0 Å². The maximum absolute atomic E-state index is 12.2. The zero-order valence-corrected chi connectivity index (χ0v) is 14.9. The molecule has 25 heavy (non-hydrogen) atoms. The molecule has 2 unspecified atom stereocenters. The van der Waals surface area contributed by atoms with Crippen LogP contribution in [0.4, 0.5) is 0 Å². The molecular weight excluding hydrogens is 338 g/mol. The molecule has 2 N–H and O–H groups in total. The normalized spacial score (nSPS) is 17.5. The molecule has 0 aliphatic heterocycles. The van der Waals surface area contributed by atoms with Crippen LogP contribution in [0.5, 0.6) is 5.75 Å². The van der Waals surface area contributed by atoms with E-state index in [0.717, 1.165) is 25.0 Å². The maximum Gasteiger partial charge on any atom is 0.253 e. The topological polar surface area (TPSA) is 58.6 Å². The molecule has 0 saturated carbocycles. The SMILES string of the molecule is COc1cccc2c1CCC(CNC(=O)C(O)c1cccc(Cl)c1)C2. The molecular formula is C20H22ClNO3. The van der Waals surface area contributed by atoms with Gasteiger partial charge in [-0.05, 0) is 60.1 Å². The average Bonchev–Trinajstić information content (AvgIpc) is 2.64. The molecule has 0 spiro atoms. The van der Waals surface area contributed by atoms with Crippen molar-refractivity contribution in [2.45, 2.75) is 25.4 Å². The Balaban J connectivity index is 1.58. The van der Waals surface area contributed by atoms with E-state index < -0.39 is 12.0 Å². The third kappa shape index (κ3) is 4.14. The highest BCUT2D eigenvalue weighted by molar-refractivity contribution is 6.30. The van der Waals surface area contributed by atoms with Gasteiger partial charge in [0.15, 0.2) is 6.10 Å². The molecule has 2 aromatic rings. The number of methoxy groups -OCH3 is 1. The molecule has 0 fully saturated rings. The first-order valence-corrected chi connectivity index (χ1v) is 8.82. The van der Waals surface area contributed by atoms with E-state index in [2.05, 4.69) is 11.4 Å². The van der Waals surface area contributed by atoms with Gasteiger partial charge in [0.2, 0.25) is 0 Å². The summed E-state index contributed by atoms with van der Waals surface area (Å²) < 4.78 is 5.42. The quantitative estimate of drug-likeness (QED) is 0.861. The summed E-state index contributed by atoms with van der Waals surface area (Å²) in [6.45, 7) is 0.549. The fourth-order valence-electron chi connectivity index (χ4n) is 3.38. The summed E-state index contributed by atoms with van der Waals surface area (Å²) in [6, 6.07) is 12.8. The molecule has 3 rings (SSSR count). The highest BCUT2D eigenvalue weighted by Crippen LogP contribution is 2.31. The second-order valence-corrected chi connectivity index (χ2v) is 6.85. The predicted octanol–water partition coefficient (Wildman–Crippen LogP) is 3.30. The molecule has 0 heterocycles. The number of ether oxygens (including phenoxy) is 1. The predicted molar refractivity (Wildman–Crippen MR) is 97.9 cm³/mol. The van der Waals surface area contributed by atoms with Crippen LogP contribution < -0.4 is 10.1 Å². The molecule has 1 aliphatic carbocycles. The van der Waals surface area contributed by atoms with Gasteiger partial charge < -0.3 is 15.2 Å². The minimum absolute atomic E-state index is 0.357. The van der Waals surface area contributed by atoms with E-state index in [4.69, 9.17) is 16.3 Å². The van der Waals surface area contributed by atoms with Gasteiger partial charge in [-0.2, -0.15) is 0 Å². The molecule has 0 radical (unpaired) electrons. The van der Waals surface area contributed by atoms with Crippen LogP contribution in [0, 0.1) is 5.92 Å². The molecule has 2 aromatic carbocycles. The minimum atomic E-state index is -1.20. The van der Waals surface area contributed by atoms with Crippen LogP contribution in [0.15, 0.2) is 42.5 Å². The number of hydrogen-bond acceptors (Lipinski definition) is 3. The summed E-state index contributed by atoms with van der Waals surface area (Å²) in [6.07, 6.45) is 1.63. The smallest absolute Gasteiger partial charge is 0.253 e. The largest absolute Gasteiger partial charge is 0.496 e. The van der Waals surface area contributed by atoms with Gasteiger partial charge in [-0.25, -0.2) is 0 Å². The molecule has 0 saturated heterocycles. The number of halogens is 1. The van der Waals surface area contributed by atoms with Crippen LogP contribution in [0.1, 0.15) is 29.2 Å². The molecule has 2 atom stereocenters. The van der Waals surface area contributed by atoms with Crippen molar-refractivity contribution in [2.24, 2.45) is 5.92 Å². The summed E-state index contributed by atoms with van der Waals surface area (Å²) in [5.74, 6) is 0.908. The van der Waals surface area contributed by atoms with E-state index in [1.54, 1.807) is 31.4 Å². The summed E-state index contributed by atoms with van der Waals surface area (Å²) in [7, 11) is 1.69. The lowest BCUT2D eigenvalue weighted by Crippen LogP contribution is -2.35. The van der Waals surface area contributed by atoms with Crippen molar-refractivity contribution in [2.75, 3.05) is 13.7 Å². The molecule has 1 aliphatic rings. The lowest BCUT2D eigenvalue weighted by Gasteiger charge is -2.26. The first kappa shape index (κ1) is 17.8. The van der Waals surface area contributed by atoms with Gasteiger partial charge in [0.1, 0.15) is 5.75 Å². The highest BCUT2D eigenvalue weighted by Gasteiger charge is 2.23. The van der Waals surface area contributed by atoms with Crippen molar-refractivity contribution >= 4 is 17.5 Å². The van der Waals surface area contributed by atoms with Crippen LogP contribution in [-0.4, -0.2) is 24.7 Å². The van der Waals surface area contributed by atoms with Gasteiger partial charge in [0.05, 0.1) is 7.11 Å². The number of carbonyl (C=O) groups excluding carboxylic acids is 1. The number of nitrogens with one attached hydrogen (secondary N) is 1. The number of benzene rings is 2. The number of aliphatic hydroxyl groups excluding tert-OH is 1. The Bertz CT molecular complexity index is 762. The Hall–Kier alpha value is -2.04. The Labute approximate surface area is 152 Å². The Morgan fingerprint density at radius 2 is 2.16 bits per heavy atom. The first-order chi connectivity index (χ1) is 12.1. The van der Waals surface area contributed by atoms with Gasteiger partial charge in [0, 0.05) is 11.6 Å². The van der Waals surface area contributed by atoms with E-state index in [-0.39, 0.29) is 0 Å². The third-order valence-electron chi connectivity index (χ3n) is 4.74. The number of amides is 1. The van der Waals surface area contributed by atoms with Crippen molar-refractivity contribution < 1.29 is 14.6 Å². The molecule has 132 valence electrons. The van der Waals surface area contributed by atoms with Crippen LogP contribution in [0.25, 0.3) is 0 Å². The minimum Gasteiger partial charge on any atom is -0.496 e. The summed E-state index contributed by atoms with van der Waals surface area (Å²) in [4.78, 5) is 12.2. The molecule has 0 aromatic heterocycles. The maximum atomic E-state index is 12.2. The highest BCUT2D eigenvalue weighted by atomic mass is 35.5.